The summed E-state index contributed by atoms with van der Waals surface area (Å²) >= 11 is 1.73. The SMILES string of the molecule is CCN(CC)C(=O)CN=C1NC(CC(C)C)CS1. The van der Waals surface area contributed by atoms with E-state index in [0.29, 0.717) is 12.0 Å². The molecule has 1 atom stereocenters. The van der Waals surface area contributed by atoms with E-state index in [1.807, 2.05) is 18.7 Å². The average molecular weight is 271 g/mol. The predicted molar refractivity (Wildman–Crippen MR) is 79.1 cm³/mol. The predicted octanol–water partition coefficient (Wildman–Crippen LogP) is 1.96. The summed E-state index contributed by atoms with van der Waals surface area (Å²) in [6.07, 6.45) is 1.16. The molecule has 1 saturated heterocycles. The van der Waals surface area contributed by atoms with Gasteiger partial charge in [0.2, 0.25) is 5.91 Å². The summed E-state index contributed by atoms with van der Waals surface area (Å²) in [5.74, 6) is 1.87. The number of amides is 1. The van der Waals surface area contributed by atoms with Gasteiger partial charge >= 0.3 is 0 Å². The summed E-state index contributed by atoms with van der Waals surface area (Å²) in [6.45, 7) is 10.2. The first-order chi connectivity index (χ1) is 8.56. The van der Waals surface area contributed by atoms with Gasteiger partial charge in [0.05, 0.1) is 0 Å². The molecule has 18 heavy (non-hydrogen) atoms. The second-order valence-corrected chi connectivity index (χ2v) is 5.98. The van der Waals surface area contributed by atoms with Gasteiger partial charge in [0, 0.05) is 24.9 Å². The molecule has 0 radical (unpaired) electrons. The first-order valence-electron chi connectivity index (χ1n) is 6.78. The third-order valence-corrected chi connectivity index (χ3v) is 4.07. The van der Waals surface area contributed by atoms with Crippen LogP contribution < -0.4 is 5.32 Å². The van der Waals surface area contributed by atoms with Gasteiger partial charge < -0.3 is 10.2 Å². The van der Waals surface area contributed by atoms with Crippen molar-refractivity contribution in [1.82, 2.24) is 10.2 Å². The van der Waals surface area contributed by atoms with Crippen molar-refractivity contribution in [1.29, 1.82) is 0 Å². The lowest BCUT2D eigenvalue weighted by molar-refractivity contribution is -0.129. The highest BCUT2D eigenvalue weighted by Gasteiger charge is 2.21. The Morgan fingerprint density at radius 2 is 2.17 bits per heavy atom. The van der Waals surface area contributed by atoms with Gasteiger partial charge in [0.15, 0.2) is 5.17 Å². The number of hydrogen-bond donors (Lipinski definition) is 1. The Hall–Kier alpha value is -0.710. The van der Waals surface area contributed by atoms with Crippen molar-refractivity contribution >= 4 is 22.8 Å². The Labute approximate surface area is 115 Å². The van der Waals surface area contributed by atoms with E-state index in [1.54, 1.807) is 11.8 Å². The molecule has 0 aromatic rings. The minimum absolute atomic E-state index is 0.113. The van der Waals surface area contributed by atoms with Gasteiger partial charge in [-0.15, -0.1) is 0 Å². The lowest BCUT2D eigenvalue weighted by Crippen LogP contribution is -2.33. The van der Waals surface area contributed by atoms with Crippen LogP contribution in [-0.4, -0.2) is 47.4 Å². The Morgan fingerprint density at radius 1 is 1.50 bits per heavy atom. The molecule has 0 aromatic carbocycles. The van der Waals surface area contributed by atoms with Gasteiger partial charge in [-0.2, -0.15) is 0 Å². The van der Waals surface area contributed by atoms with Crippen LogP contribution in [0.15, 0.2) is 4.99 Å². The van der Waals surface area contributed by atoms with Crippen LogP contribution in [0, 0.1) is 5.92 Å². The zero-order chi connectivity index (χ0) is 13.5. The highest BCUT2D eigenvalue weighted by atomic mass is 32.2. The lowest BCUT2D eigenvalue weighted by Gasteiger charge is -2.17. The van der Waals surface area contributed by atoms with Crippen molar-refractivity contribution in [3.05, 3.63) is 0 Å². The topological polar surface area (TPSA) is 44.7 Å². The van der Waals surface area contributed by atoms with E-state index in [1.165, 1.54) is 0 Å². The number of carbonyl (C=O) groups excluding carboxylic acids is 1. The number of amidine groups is 1. The van der Waals surface area contributed by atoms with Crippen LogP contribution >= 0.6 is 11.8 Å². The van der Waals surface area contributed by atoms with Gasteiger partial charge in [-0.3, -0.25) is 9.79 Å². The van der Waals surface area contributed by atoms with Crippen molar-refractivity contribution in [2.45, 2.75) is 40.2 Å². The number of thioether (sulfide) groups is 1. The number of nitrogens with zero attached hydrogens (tertiary/aromatic N) is 2. The molecule has 0 spiro atoms. The van der Waals surface area contributed by atoms with E-state index in [4.69, 9.17) is 0 Å². The second-order valence-electron chi connectivity index (χ2n) is 4.97. The monoisotopic (exact) mass is 271 g/mol. The summed E-state index contributed by atoms with van der Waals surface area (Å²) < 4.78 is 0. The molecule has 0 aromatic heterocycles. The normalized spacial score (nSPS) is 21.4. The molecule has 1 fully saturated rings. The molecule has 1 amide bonds. The maximum absolute atomic E-state index is 11.8. The third-order valence-electron chi connectivity index (χ3n) is 2.98. The molecule has 1 aliphatic rings. The van der Waals surface area contributed by atoms with Crippen molar-refractivity contribution in [3.63, 3.8) is 0 Å². The van der Waals surface area contributed by atoms with Gasteiger partial charge in [0.25, 0.3) is 0 Å². The van der Waals surface area contributed by atoms with Crippen LogP contribution in [0.5, 0.6) is 0 Å². The van der Waals surface area contributed by atoms with Crippen LogP contribution in [0.4, 0.5) is 0 Å². The van der Waals surface area contributed by atoms with Gasteiger partial charge in [0.1, 0.15) is 6.54 Å². The number of likely N-dealkylation sites (N-methyl/N-ethyl adjacent to an activating group) is 1. The summed E-state index contributed by atoms with van der Waals surface area (Å²) in [5, 5.41) is 4.33. The van der Waals surface area contributed by atoms with Gasteiger partial charge in [-0.05, 0) is 26.2 Å². The van der Waals surface area contributed by atoms with Crippen molar-refractivity contribution < 1.29 is 4.79 Å². The fraction of sp³-hybridized carbons (Fsp3) is 0.846. The summed E-state index contributed by atoms with van der Waals surface area (Å²) in [6, 6.07) is 0.511. The molecule has 0 aliphatic carbocycles. The maximum atomic E-state index is 11.8. The lowest BCUT2D eigenvalue weighted by atomic mass is 10.1. The van der Waals surface area contributed by atoms with E-state index in [-0.39, 0.29) is 12.5 Å². The first-order valence-corrected chi connectivity index (χ1v) is 7.76. The molecule has 1 aliphatic heterocycles. The fourth-order valence-electron chi connectivity index (χ4n) is 2.04. The number of carbonyl (C=O) groups is 1. The Morgan fingerprint density at radius 3 is 2.72 bits per heavy atom. The molecule has 0 bridgehead atoms. The van der Waals surface area contributed by atoms with Crippen LogP contribution in [0.25, 0.3) is 0 Å². The molecule has 104 valence electrons. The van der Waals surface area contributed by atoms with Gasteiger partial charge in [-0.25, -0.2) is 0 Å². The molecule has 1 heterocycles. The quantitative estimate of drug-likeness (QED) is 0.803. The highest BCUT2D eigenvalue weighted by molar-refractivity contribution is 8.14. The van der Waals surface area contributed by atoms with Crippen LogP contribution in [0.1, 0.15) is 34.1 Å². The molecule has 5 heteroatoms. The van der Waals surface area contributed by atoms with E-state index < -0.39 is 0 Å². The largest absolute Gasteiger partial charge is 0.361 e. The Balaban J connectivity index is 2.38. The summed E-state index contributed by atoms with van der Waals surface area (Å²) in [5.41, 5.74) is 0. The van der Waals surface area contributed by atoms with E-state index >= 15 is 0 Å². The van der Waals surface area contributed by atoms with Gasteiger partial charge in [-0.1, -0.05) is 25.6 Å². The van der Waals surface area contributed by atoms with E-state index in [2.05, 4.69) is 24.2 Å². The second kappa shape index (κ2) is 7.67. The molecule has 1 rings (SSSR count). The zero-order valence-corrected chi connectivity index (χ0v) is 12.7. The van der Waals surface area contributed by atoms with Crippen molar-refractivity contribution in [3.8, 4) is 0 Å². The Kier molecular flexibility index (Phi) is 6.54. The van der Waals surface area contributed by atoms with E-state index in [0.717, 1.165) is 30.4 Å². The highest BCUT2D eigenvalue weighted by Crippen LogP contribution is 2.18. The molecular formula is C13H25N3OS. The zero-order valence-electron chi connectivity index (χ0n) is 11.9. The maximum Gasteiger partial charge on any atom is 0.244 e. The van der Waals surface area contributed by atoms with Crippen LogP contribution in [0.2, 0.25) is 0 Å². The number of aliphatic imine (C=N–C) groups is 1. The molecule has 1 unspecified atom stereocenters. The molecular weight excluding hydrogens is 246 g/mol. The molecule has 1 N–H and O–H groups in total. The van der Waals surface area contributed by atoms with Crippen LogP contribution in [-0.2, 0) is 4.79 Å². The minimum Gasteiger partial charge on any atom is -0.361 e. The van der Waals surface area contributed by atoms with E-state index in [9.17, 15) is 4.79 Å². The Bertz CT molecular complexity index is 301. The minimum atomic E-state index is 0.113. The number of nitrogens with one attached hydrogen (secondary N) is 1. The standard InChI is InChI=1S/C13H25N3OS/c1-5-16(6-2)12(17)8-14-13-15-11(9-18-13)7-10(3)4/h10-11H,5-9H2,1-4H3,(H,14,15). The summed E-state index contributed by atoms with van der Waals surface area (Å²) in [7, 11) is 0. The number of rotatable bonds is 6. The first kappa shape index (κ1) is 15.3. The third kappa shape index (κ3) is 4.88. The molecule has 4 nitrogen and oxygen atoms in total. The average Bonchev–Trinajstić information content (AvgIpc) is 2.75. The van der Waals surface area contributed by atoms with Crippen LogP contribution in [0.3, 0.4) is 0 Å². The van der Waals surface area contributed by atoms with Crippen molar-refractivity contribution in [2.24, 2.45) is 10.9 Å². The fourth-order valence-corrected chi connectivity index (χ4v) is 3.02. The van der Waals surface area contributed by atoms with Crippen molar-refractivity contribution in [2.75, 3.05) is 25.4 Å². The smallest absolute Gasteiger partial charge is 0.244 e. The summed E-state index contributed by atoms with van der Waals surface area (Å²) in [4.78, 5) is 18.0. The molecule has 0 saturated carbocycles. The number of hydrogen-bond acceptors (Lipinski definition) is 3.